The first kappa shape index (κ1) is 17.8. The molecular weight excluding hydrogens is 270 g/mol. The minimum atomic E-state index is 0.236. The molecule has 22 heavy (non-hydrogen) atoms. The molecule has 0 aromatic rings. The maximum absolute atomic E-state index is 13.3. The van der Waals surface area contributed by atoms with Gasteiger partial charge in [-0.2, -0.15) is 0 Å². The Morgan fingerprint density at radius 2 is 1.91 bits per heavy atom. The van der Waals surface area contributed by atoms with Crippen molar-refractivity contribution in [3.8, 4) is 0 Å². The lowest BCUT2D eigenvalue weighted by molar-refractivity contribution is -0.140. The highest BCUT2D eigenvalue weighted by Gasteiger charge is 2.49. The van der Waals surface area contributed by atoms with Crippen LogP contribution in [0.5, 0.6) is 0 Å². The summed E-state index contributed by atoms with van der Waals surface area (Å²) in [6, 6.07) is 0. The van der Waals surface area contributed by atoms with E-state index in [2.05, 4.69) is 32.6 Å². The summed E-state index contributed by atoms with van der Waals surface area (Å²) >= 11 is 0. The number of carbonyl (C=O) groups is 1. The number of nitrogens with zero attached hydrogens (tertiary/aromatic N) is 1. The van der Waals surface area contributed by atoms with Crippen LogP contribution in [0.1, 0.15) is 91.9 Å². The summed E-state index contributed by atoms with van der Waals surface area (Å²) < 4.78 is 0. The van der Waals surface area contributed by atoms with Gasteiger partial charge in [-0.15, -0.1) is 0 Å². The van der Waals surface area contributed by atoms with Crippen LogP contribution in [0, 0.1) is 17.8 Å². The van der Waals surface area contributed by atoms with E-state index in [1.54, 1.807) is 0 Å². The average molecular weight is 308 g/mol. The number of hydrogen-bond donors (Lipinski definition) is 0. The monoisotopic (exact) mass is 307 g/mol. The summed E-state index contributed by atoms with van der Waals surface area (Å²) in [5.41, 5.74) is 0.236. The van der Waals surface area contributed by atoms with Crippen molar-refractivity contribution in [2.24, 2.45) is 17.8 Å². The van der Waals surface area contributed by atoms with Gasteiger partial charge in [0.25, 0.3) is 0 Å². The molecule has 0 spiro atoms. The van der Waals surface area contributed by atoms with Crippen LogP contribution in [0.15, 0.2) is 0 Å². The van der Waals surface area contributed by atoms with Crippen LogP contribution in [0.3, 0.4) is 0 Å². The molecule has 2 aliphatic rings. The molecule has 0 aromatic heterocycles. The Balaban J connectivity index is 2.04. The van der Waals surface area contributed by atoms with E-state index in [-0.39, 0.29) is 5.54 Å². The Kier molecular flexibility index (Phi) is 6.35. The molecule has 3 atom stereocenters. The molecule has 2 heteroatoms. The zero-order valence-corrected chi connectivity index (χ0v) is 15.4. The van der Waals surface area contributed by atoms with Crippen molar-refractivity contribution in [3.05, 3.63) is 0 Å². The first-order valence-electron chi connectivity index (χ1n) is 9.84. The largest absolute Gasteiger partial charge is 0.337 e. The fraction of sp³-hybridized carbons (Fsp3) is 0.950. The molecule has 0 bridgehead atoms. The van der Waals surface area contributed by atoms with Crippen LogP contribution >= 0.6 is 0 Å². The minimum absolute atomic E-state index is 0.236. The second-order valence-corrected chi connectivity index (χ2v) is 8.19. The van der Waals surface area contributed by atoms with Crippen LogP contribution in [-0.2, 0) is 4.79 Å². The molecule has 0 aromatic carbocycles. The van der Waals surface area contributed by atoms with Crippen LogP contribution < -0.4 is 0 Å². The van der Waals surface area contributed by atoms with Crippen molar-refractivity contribution >= 4 is 5.91 Å². The van der Waals surface area contributed by atoms with Gasteiger partial charge >= 0.3 is 0 Å². The van der Waals surface area contributed by atoms with Crippen molar-refractivity contribution in [2.45, 2.75) is 97.4 Å². The Bertz CT molecular complexity index is 361. The lowest BCUT2D eigenvalue weighted by Gasteiger charge is -2.35. The number of carbonyl (C=O) groups excluding carboxylic acids is 1. The van der Waals surface area contributed by atoms with Crippen LogP contribution in [0.25, 0.3) is 0 Å². The lowest BCUT2D eigenvalue weighted by atomic mass is 9.92. The normalized spacial score (nSPS) is 28.7. The summed E-state index contributed by atoms with van der Waals surface area (Å²) in [6.07, 6.45) is 12.1. The van der Waals surface area contributed by atoms with Gasteiger partial charge in [0, 0.05) is 18.0 Å². The van der Waals surface area contributed by atoms with E-state index in [0.29, 0.717) is 11.8 Å². The maximum Gasteiger partial charge on any atom is 0.226 e. The second kappa shape index (κ2) is 7.84. The predicted molar refractivity (Wildman–Crippen MR) is 93.8 cm³/mol. The fourth-order valence-corrected chi connectivity index (χ4v) is 4.14. The molecule has 2 nitrogen and oxygen atoms in total. The van der Waals surface area contributed by atoms with Gasteiger partial charge in [-0.1, -0.05) is 53.4 Å². The van der Waals surface area contributed by atoms with E-state index in [9.17, 15) is 4.79 Å². The summed E-state index contributed by atoms with van der Waals surface area (Å²) in [5.74, 6) is 2.26. The molecule has 2 fully saturated rings. The minimum Gasteiger partial charge on any atom is -0.337 e. The van der Waals surface area contributed by atoms with E-state index in [0.717, 1.165) is 37.6 Å². The summed E-state index contributed by atoms with van der Waals surface area (Å²) in [5, 5.41) is 0. The van der Waals surface area contributed by atoms with Crippen LogP contribution in [0.4, 0.5) is 0 Å². The molecule has 0 heterocycles. The fourth-order valence-electron chi connectivity index (χ4n) is 4.14. The molecule has 0 N–H and O–H groups in total. The number of amides is 1. The molecule has 2 saturated carbocycles. The van der Waals surface area contributed by atoms with E-state index in [1.165, 1.54) is 44.9 Å². The molecule has 0 saturated heterocycles. The smallest absolute Gasteiger partial charge is 0.226 e. The van der Waals surface area contributed by atoms with Gasteiger partial charge in [0.05, 0.1) is 0 Å². The summed E-state index contributed by atoms with van der Waals surface area (Å²) in [7, 11) is 0. The van der Waals surface area contributed by atoms with Crippen LogP contribution in [0.2, 0.25) is 0 Å². The quantitative estimate of drug-likeness (QED) is 0.576. The third-order valence-corrected chi connectivity index (χ3v) is 6.40. The van der Waals surface area contributed by atoms with Crippen molar-refractivity contribution < 1.29 is 4.79 Å². The second-order valence-electron chi connectivity index (χ2n) is 8.19. The topological polar surface area (TPSA) is 20.3 Å². The Morgan fingerprint density at radius 3 is 2.50 bits per heavy atom. The molecule has 1 amide bonds. The van der Waals surface area contributed by atoms with Gasteiger partial charge in [0.2, 0.25) is 5.91 Å². The van der Waals surface area contributed by atoms with Crippen molar-refractivity contribution in [3.63, 3.8) is 0 Å². The summed E-state index contributed by atoms with van der Waals surface area (Å²) in [4.78, 5) is 15.6. The molecule has 2 rings (SSSR count). The van der Waals surface area contributed by atoms with Gasteiger partial charge in [0.1, 0.15) is 0 Å². The standard InChI is InChI=1S/C20H37NO/c1-5-16(3)11-14-21(20(6-2)12-13-20)19(22)18-10-8-7-9-17(4)15-18/h16-18H,5-15H2,1-4H3/t16?,17-,18?/m1/s1. The molecule has 0 radical (unpaired) electrons. The van der Waals surface area contributed by atoms with E-state index < -0.39 is 0 Å². The molecule has 0 aliphatic heterocycles. The Labute approximate surface area is 138 Å². The van der Waals surface area contributed by atoms with Crippen molar-refractivity contribution in [1.82, 2.24) is 4.90 Å². The van der Waals surface area contributed by atoms with Gasteiger partial charge in [-0.05, 0) is 50.4 Å². The Hall–Kier alpha value is -0.530. The van der Waals surface area contributed by atoms with Gasteiger partial charge in [0.15, 0.2) is 0 Å². The Morgan fingerprint density at radius 1 is 1.23 bits per heavy atom. The molecule has 128 valence electrons. The van der Waals surface area contributed by atoms with Gasteiger partial charge in [-0.3, -0.25) is 4.79 Å². The molecule has 2 unspecified atom stereocenters. The van der Waals surface area contributed by atoms with Crippen molar-refractivity contribution in [2.75, 3.05) is 6.54 Å². The zero-order valence-electron chi connectivity index (χ0n) is 15.4. The summed E-state index contributed by atoms with van der Waals surface area (Å²) in [6.45, 7) is 10.2. The SMILES string of the molecule is CCC(C)CCN(C(=O)C1CCCC[C@@H](C)C1)C1(CC)CC1. The maximum atomic E-state index is 13.3. The molecular formula is C20H37NO. The highest BCUT2D eigenvalue weighted by atomic mass is 16.2. The predicted octanol–water partition coefficient (Wildman–Crippen LogP) is 5.41. The first-order valence-corrected chi connectivity index (χ1v) is 9.84. The van der Waals surface area contributed by atoms with Gasteiger partial charge in [-0.25, -0.2) is 0 Å². The highest BCUT2D eigenvalue weighted by Crippen LogP contribution is 2.46. The number of hydrogen-bond acceptors (Lipinski definition) is 1. The highest BCUT2D eigenvalue weighted by molar-refractivity contribution is 5.80. The van der Waals surface area contributed by atoms with E-state index >= 15 is 0 Å². The third-order valence-electron chi connectivity index (χ3n) is 6.40. The van der Waals surface area contributed by atoms with E-state index in [4.69, 9.17) is 0 Å². The van der Waals surface area contributed by atoms with Crippen LogP contribution in [-0.4, -0.2) is 22.9 Å². The average Bonchev–Trinajstić information content (AvgIpc) is 3.32. The number of rotatable bonds is 7. The molecule has 2 aliphatic carbocycles. The zero-order chi connectivity index (χ0) is 16.2. The lowest BCUT2D eigenvalue weighted by Crippen LogP contribution is -2.46. The third kappa shape index (κ3) is 4.26. The first-order chi connectivity index (χ1) is 10.5. The van der Waals surface area contributed by atoms with Gasteiger partial charge < -0.3 is 4.90 Å². The van der Waals surface area contributed by atoms with E-state index in [1.807, 2.05) is 0 Å². The van der Waals surface area contributed by atoms with Crippen molar-refractivity contribution in [1.29, 1.82) is 0 Å².